The first-order valence-corrected chi connectivity index (χ1v) is 7.62. The van der Waals surface area contributed by atoms with Gasteiger partial charge in [0.15, 0.2) is 0 Å². The second-order valence-electron chi connectivity index (χ2n) is 6.34. The van der Waals surface area contributed by atoms with Crippen molar-refractivity contribution in [2.24, 2.45) is 5.92 Å². The first-order chi connectivity index (χ1) is 9.00. The lowest BCUT2D eigenvalue weighted by Gasteiger charge is -2.40. The molecular formula is C15H26N2O2. The van der Waals surface area contributed by atoms with Crippen LogP contribution in [-0.4, -0.2) is 46.8 Å². The van der Waals surface area contributed by atoms with Crippen LogP contribution in [0.5, 0.6) is 0 Å². The van der Waals surface area contributed by atoms with Crippen molar-refractivity contribution < 1.29 is 9.59 Å². The van der Waals surface area contributed by atoms with E-state index in [1.54, 1.807) is 4.90 Å². The van der Waals surface area contributed by atoms with Gasteiger partial charge in [0.25, 0.3) is 0 Å². The summed E-state index contributed by atoms with van der Waals surface area (Å²) in [6.45, 7) is 7.74. The Morgan fingerprint density at radius 2 is 1.53 bits per heavy atom. The molecule has 3 atom stereocenters. The second kappa shape index (κ2) is 5.93. The number of piperidine rings is 2. The Kier molecular flexibility index (Phi) is 4.48. The maximum absolute atomic E-state index is 12.5. The quantitative estimate of drug-likeness (QED) is 0.629. The summed E-state index contributed by atoms with van der Waals surface area (Å²) in [7, 11) is 0. The Hall–Kier alpha value is -1.06. The number of hydrogen-bond acceptors (Lipinski definition) is 2. The molecule has 0 bridgehead atoms. The summed E-state index contributed by atoms with van der Waals surface area (Å²) in [5.41, 5.74) is 0. The molecule has 3 unspecified atom stereocenters. The molecule has 0 radical (unpaired) electrons. The van der Waals surface area contributed by atoms with E-state index >= 15 is 0 Å². The fourth-order valence-corrected chi connectivity index (χ4v) is 3.44. The molecule has 2 saturated heterocycles. The number of likely N-dealkylation sites (tertiary alicyclic amines) is 2. The van der Waals surface area contributed by atoms with E-state index in [4.69, 9.17) is 0 Å². The van der Waals surface area contributed by atoms with Crippen LogP contribution in [0, 0.1) is 5.92 Å². The smallest absolute Gasteiger partial charge is 0.312 e. The summed E-state index contributed by atoms with van der Waals surface area (Å²) in [6, 6.07) is 0.393. The maximum Gasteiger partial charge on any atom is 0.312 e. The SMILES string of the molecule is CC1CCCN(C(=O)C(=O)N2C(C)CCCC2C)C1. The van der Waals surface area contributed by atoms with E-state index in [-0.39, 0.29) is 23.9 Å². The third-order valence-corrected chi connectivity index (χ3v) is 4.56. The van der Waals surface area contributed by atoms with Crippen LogP contribution in [0.4, 0.5) is 0 Å². The Morgan fingerprint density at radius 3 is 2.11 bits per heavy atom. The molecule has 4 heteroatoms. The molecule has 2 heterocycles. The third-order valence-electron chi connectivity index (χ3n) is 4.56. The van der Waals surface area contributed by atoms with Gasteiger partial charge in [-0.25, -0.2) is 0 Å². The first-order valence-electron chi connectivity index (χ1n) is 7.62. The van der Waals surface area contributed by atoms with Gasteiger partial charge in [0.1, 0.15) is 0 Å². The zero-order valence-corrected chi connectivity index (χ0v) is 12.4. The van der Waals surface area contributed by atoms with Gasteiger partial charge in [0, 0.05) is 25.2 Å². The highest BCUT2D eigenvalue weighted by molar-refractivity contribution is 6.35. The fourth-order valence-electron chi connectivity index (χ4n) is 3.44. The van der Waals surface area contributed by atoms with Crippen LogP contribution in [0.1, 0.15) is 52.9 Å². The minimum absolute atomic E-state index is 0.197. The molecule has 0 aromatic carbocycles. The van der Waals surface area contributed by atoms with Crippen molar-refractivity contribution in [2.45, 2.75) is 65.0 Å². The van der Waals surface area contributed by atoms with E-state index in [9.17, 15) is 9.59 Å². The molecule has 0 aliphatic carbocycles. The molecule has 0 aromatic heterocycles. The first kappa shape index (κ1) is 14.4. The van der Waals surface area contributed by atoms with Crippen molar-refractivity contribution in [1.82, 2.24) is 9.80 Å². The topological polar surface area (TPSA) is 40.6 Å². The van der Waals surface area contributed by atoms with Gasteiger partial charge in [-0.1, -0.05) is 6.92 Å². The molecule has 0 N–H and O–H groups in total. The summed E-state index contributed by atoms with van der Waals surface area (Å²) in [5.74, 6) is -0.0531. The highest BCUT2D eigenvalue weighted by Gasteiger charge is 2.35. The minimum atomic E-state index is -0.285. The summed E-state index contributed by atoms with van der Waals surface area (Å²) in [6.07, 6.45) is 5.36. The van der Waals surface area contributed by atoms with Crippen LogP contribution in [0.3, 0.4) is 0 Å². The van der Waals surface area contributed by atoms with Gasteiger partial charge in [0.05, 0.1) is 0 Å². The lowest BCUT2D eigenvalue weighted by Crippen LogP contribution is -2.54. The van der Waals surface area contributed by atoms with E-state index < -0.39 is 0 Å². The summed E-state index contributed by atoms with van der Waals surface area (Å²) < 4.78 is 0. The number of carbonyl (C=O) groups is 2. The normalized spacial score (nSPS) is 32.3. The average Bonchev–Trinajstić information content (AvgIpc) is 2.37. The van der Waals surface area contributed by atoms with E-state index in [0.717, 1.165) is 45.2 Å². The van der Waals surface area contributed by atoms with Crippen LogP contribution < -0.4 is 0 Å². The van der Waals surface area contributed by atoms with Gasteiger partial charge in [-0.05, 0) is 51.9 Å². The molecule has 2 aliphatic heterocycles. The van der Waals surface area contributed by atoms with Crippen LogP contribution in [0.25, 0.3) is 0 Å². The molecule has 2 amide bonds. The van der Waals surface area contributed by atoms with E-state index in [2.05, 4.69) is 20.8 Å². The van der Waals surface area contributed by atoms with Gasteiger partial charge in [-0.2, -0.15) is 0 Å². The molecule has 0 spiro atoms. The summed E-state index contributed by atoms with van der Waals surface area (Å²) >= 11 is 0. The zero-order valence-electron chi connectivity index (χ0n) is 12.4. The number of hydrogen-bond donors (Lipinski definition) is 0. The summed E-state index contributed by atoms with van der Waals surface area (Å²) in [4.78, 5) is 28.4. The van der Waals surface area contributed by atoms with Crippen molar-refractivity contribution >= 4 is 11.8 Å². The molecule has 2 rings (SSSR count). The molecule has 0 saturated carbocycles. The number of rotatable bonds is 0. The minimum Gasteiger partial charge on any atom is -0.334 e. The molecule has 2 aliphatic rings. The molecular weight excluding hydrogens is 240 g/mol. The van der Waals surface area contributed by atoms with Crippen molar-refractivity contribution in [3.05, 3.63) is 0 Å². The predicted molar refractivity (Wildman–Crippen MR) is 74.6 cm³/mol. The van der Waals surface area contributed by atoms with Crippen molar-refractivity contribution in [1.29, 1.82) is 0 Å². The molecule has 4 nitrogen and oxygen atoms in total. The van der Waals surface area contributed by atoms with Gasteiger partial charge >= 0.3 is 11.8 Å². The van der Waals surface area contributed by atoms with E-state index in [0.29, 0.717) is 5.92 Å². The Bertz CT molecular complexity index is 346. The highest BCUT2D eigenvalue weighted by atomic mass is 16.2. The summed E-state index contributed by atoms with van der Waals surface area (Å²) in [5, 5.41) is 0. The van der Waals surface area contributed by atoms with Crippen molar-refractivity contribution in [3.8, 4) is 0 Å². The van der Waals surface area contributed by atoms with Crippen LogP contribution >= 0.6 is 0 Å². The van der Waals surface area contributed by atoms with Gasteiger partial charge in [0.2, 0.25) is 0 Å². The Labute approximate surface area is 116 Å². The second-order valence-corrected chi connectivity index (χ2v) is 6.34. The van der Waals surface area contributed by atoms with Crippen molar-refractivity contribution in [2.75, 3.05) is 13.1 Å². The van der Waals surface area contributed by atoms with Crippen LogP contribution in [-0.2, 0) is 9.59 Å². The third kappa shape index (κ3) is 3.10. The fraction of sp³-hybridized carbons (Fsp3) is 0.867. The predicted octanol–water partition coefficient (Wildman–Crippen LogP) is 2.03. The number of nitrogens with zero attached hydrogens (tertiary/aromatic N) is 2. The maximum atomic E-state index is 12.5. The molecule has 2 fully saturated rings. The van der Waals surface area contributed by atoms with Crippen LogP contribution in [0.2, 0.25) is 0 Å². The highest BCUT2D eigenvalue weighted by Crippen LogP contribution is 2.24. The number of carbonyl (C=O) groups excluding carboxylic acids is 2. The van der Waals surface area contributed by atoms with Gasteiger partial charge in [-0.15, -0.1) is 0 Å². The van der Waals surface area contributed by atoms with Crippen LogP contribution in [0.15, 0.2) is 0 Å². The monoisotopic (exact) mass is 266 g/mol. The molecule has 108 valence electrons. The lowest BCUT2D eigenvalue weighted by molar-refractivity contribution is -0.156. The zero-order chi connectivity index (χ0) is 14.0. The lowest BCUT2D eigenvalue weighted by atomic mass is 9.96. The van der Waals surface area contributed by atoms with Crippen molar-refractivity contribution in [3.63, 3.8) is 0 Å². The van der Waals surface area contributed by atoms with E-state index in [1.807, 2.05) is 4.90 Å². The van der Waals surface area contributed by atoms with E-state index in [1.165, 1.54) is 0 Å². The average molecular weight is 266 g/mol. The van der Waals surface area contributed by atoms with Gasteiger partial charge in [-0.3, -0.25) is 9.59 Å². The molecule has 19 heavy (non-hydrogen) atoms. The number of amides is 2. The largest absolute Gasteiger partial charge is 0.334 e. The standard InChI is InChI=1S/C15H26N2O2/c1-11-6-5-9-16(10-11)14(18)15(19)17-12(2)7-4-8-13(17)3/h11-13H,4-10H2,1-3H3. The molecule has 0 aromatic rings. The Morgan fingerprint density at radius 1 is 0.895 bits per heavy atom. The Balaban J connectivity index is 2.03. The van der Waals surface area contributed by atoms with Gasteiger partial charge < -0.3 is 9.80 Å².